The number of aryl methyl sites for hydroxylation is 1. The molecule has 1 aromatic rings. The molecule has 1 saturated heterocycles. The Morgan fingerprint density at radius 2 is 2.17 bits per heavy atom. The van der Waals surface area contributed by atoms with Crippen LogP contribution in [0.15, 0.2) is 15.6 Å². The second-order valence-electron chi connectivity index (χ2n) is 4.07. The average Bonchev–Trinajstić information content (AvgIpc) is 2.40. The molecule has 1 fully saturated rings. The summed E-state index contributed by atoms with van der Waals surface area (Å²) >= 11 is 3.18. The standard InChI is InChI=1S/C11H14BrN3O3/c1-8-10(12)11(17)15(7-13-8)6-9(16)14-2-4-18-5-3-14/h7H,2-6H2,1H3. The van der Waals surface area contributed by atoms with Crippen LogP contribution in [-0.2, 0) is 16.1 Å². The molecule has 0 aliphatic carbocycles. The molecule has 0 atom stereocenters. The lowest BCUT2D eigenvalue weighted by atomic mass is 10.4. The highest BCUT2D eigenvalue weighted by Gasteiger charge is 2.18. The lowest BCUT2D eigenvalue weighted by Crippen LogP contribution is -2.43. The third-order valence-electron chi connectivity index (χ3n) is 2.83. The van der Waals surface area contributed by atoms with Crippen LogP contribution in [0, 0.1) is 6.92 Å². The van der Waals surface area contributed by atoms with E-state index in [1.165, 1.54) is 10.9 Å². The Hall–Kier alpha value is -1.21. The molecule has 2 rings (SSSR count). The van der Waals surface area contributed by atoms with Gasteiger partial charge in [-0.2, -0.15) is 0 Å². The van der Waals surface area contributed by atoms with Crippen LogP contribution in [0.1, 0.15) is 5.69 Å². The fourth-order valence-corrected chi connectivity index (χ4v) is 2.05. The Balaban J connectivity index is 2.12. The van der Waals surface area contributed by atoms with Crippen LogP contribution in [0.2, 0.25) is 0 Å². The van der Waals surface area contributed by atoms with Crippen LogP contribution in [0.25, 0.3) is 0 Å². The van der Waals surface area contributed by atoms with E-state index in [9.17, 15) is 9.59 Å². The summed E-state index contributed by atoms with van der Waals surface area (Å²) in [5, 5.41) is 0. The van der Waals surface area contributed by atoms with Crippen molar-refractivity contribution in [1.29, 1.82) is 0 Å². The summed E-state index contributed by atoms with van der Waals surface area (Å²) < 4.78 is 6.89. The average molecular weight is 316 g/mol. The number of nitrogens with zero attached hydrogens (tertiary/aromatic N) is 3. The van der Waals surface area contributed by atoms with Gasteiger partial charge >= 0.3 is 0 Å². The van der Waals surface area contributed by atoms with Gasteiger partial charge in [-0.1, -0.05) is 0 Å². The predicted octanol–water partition coefficient (Wildman–Crippen LogP) is 0.173. The molecule has 1 aliphatic rings. The largest absolute Gasteiger partial charge is 0.378 e. The second kappa shape index (κ2) is 5.62. The summed E-state index contributed by atoms with van der Waals surface area (Å²) in [7, 11) is 0. The molecule has 98 valence electrons. The Bertz CT molecular complexity index is 509. The molecule has 6 nitrogen and oxygen atoms in total. The van der Waals surface area contributed by atoms with Gasteiger partial charge in [-0.05, 0) is 22.9 Å². The van der Waals surface area contributed by atoms with Gasteiger partial charge in [0.2, 0.25) is 5.91 Å². The Morgan fingerprint density at radius 3 is 2.83 bits per heavy atom. The lowest BCUT2D eigenvalue weighted by Gasteiger charge is -2.27. The van der Waals surface area contributed by atoms with E-state index in [0.29, 0.717) is 36.5 Å². The smallest absolute Gasteiger partial charge is 0.268 e. The second-order valence-corrected chi connectivity index (χ2v) is 4.86. The molecule has 18 heavy (non-hydrogen) atoms. The maximum Gasteiger partial charge on any atom is 0.268 e. The van der Waals surface area contributed by atoms with Gasteiger partial charge in [-0.3, -0.25) is 14.2 Å². The Morgan fingerprint density at radius 1 is 1.50 bits per heavy atom. The van der Waals surface area contributed by atoms with Crippen LogP contribution < -0.4 is 5.56 Å². The van der Waals surface area contributed by atoms with E-state index >= 15 is 0 Å². The van der Waals surface area contributed by atoms with Gasteiger partial charge in [0, 0.05) is 13.1 Å². The topological polar surface area (TPSA) is 64.4 Å². The number of rotatable bonds is 2. The molecule has 0 spiro atoms. The van der Waals surface area contributed by atoms with Crippen LogP contribution in [0.4, 0.5) is 0 Å². The molecule has 7 heteroatoms. The van der Waals surface area contributed by atoms with Crippen molar-refractivity contribution in [1.82, 2.24) is 14.5 Å². The minimum absolute atomic E-state index is 0.0186. The summed E-state index contributed by atoms with van der Waals surface area (Å²) in [4.78, 5) is 29.6. The summed E-state index contributed by atoms with van der Waals surface area (Å²) in [5.74, 6) is -0.0852. The minimum atomic E-state index is -0.232. The van der Waals surface area contributed by atoms with Crippen LogP contribution in [0.3, 0.4) is 0 Å². The molecule has 0 N–H and O–H groups in total. The van der Waals surface area contributed by atoms with E-state index in [2.05, 4.69) is 20.9 Å². The fraction of sp³-hybridized carbons (Fsp3) is 0.545. The van der Waals surface area contributed by atoms with Gasteiger partial charge in [0.05, 0.1) is 25.2 Å². The Kier molecular flexibility index (Phi) is 4.13. The monoisotopic (exact) mass is 315 g/mol. The van der Waals surface area contributed by atoms with Crippen molar-refractivity contribution in [2.45, 2.75) is 13.5 Å². The molecule has 0 unspecified atom stereocenters. The van der Waals surface area contributed by atoms with Crippen LogP contribution >= 0.6 is 15.9 Å². The first-order valence-corrected chi connectivity index (χ1v) is 6.46. The summed E-state index contributed by atoms with van der Waals surface area (Å²) in [6, 6.07) is 0. The van der Waals surface area contributed by atoms with Crippen molar-refractivity contribution in [3.05, 3.63) is 26.8 Å². The first-order valence-electron chi connectivity index (χ1n) is 5.66. The van der Waals surface area contributed by atoms with E-state index in [1.807, 2.05) is 0 Å². The number of amides is 1. The number of morpholine rings is 1. The first-order chi connectivity index (χ1) is 8.59. The van der Waals surface area contributed by atoms with E-state index in [1.54, 1.807) is 11.8 Å². The van der Waals surface area contributed by atoms with Crippen molar-refractivity contribution in [2.75, 3.05) is 26.3 Å². The van der Waals surface area contributed by atoms with E-state index in [4.69, 9.17) is 4.74 Å². The number of hydrogen-bond acceptors (Lipinski definition) is 4. The number of hydrogen-bond donors (Lipinski definition) is 0. The number of carbonyl (C=O) groups is 1. The molecule has 1 aromatic heterocycles. The Labute approximate surface area is 113 Å². The van der Waals surface area contributed by atoms with Crippen molar-refractivity contribution in [3.8, 4) is 0 Å². The fourth-order valence-electron chi connectivity index (χ4n) is 1.72. The predicted molar refractivity (Wildman–Crippen MR) is 68.3 cm³/mol. The highest BCUT2D eigenvalue weighted by Crippen LogP contribution is 2.06. The van der Waals surface area contributed by atoms with Crippen molar-refractivity contribution < 1.29 is 9.53 Å². The van der Waals surface area contributed by atoms with Crippen molar-refractivity contribution in [3.63, 3.8) is 0 Å². The van der Waals surface area contributed by atoms with E-state index in [-0.39, 0.29) is 18.0 Å². The molecular weight excluding hydrogens is 302 g/mol. The summed E-state index contributed by atoms with van der Waals surface area (Å²) in [6.45, 7) is 4.01. The molecule has 0 saturated carbocycles. The van der Waals surface area contributed by atoms with E-state index in [0.717, 1.165) is 0 Å². The van der Waals surface area contributed by atoms with E-state index < -0.39 is 0 Å². The first kappa shape index (κ1) is 13.2. The zero-order chi connectivity index (χ0) is 13.1. The summed E-state index contributed by atoms with van der Waals surface area (Å²) in [5.41, 5.74) is 0.388. The maximum absolute atomic E-state index is 12.0. The van der Waals surface area contributed by atoms with Gasteiger partial charge in [-0.15, -0.1) is 0 Å². The molecule has 0 bridgehead atoms. The maximum atomic E-state index is 12.0. The molecular formula is C11H14BrN3O3. The van der Waals surface area contributed by atoms with Crippen molar-refractivity contribution >= 4 is 21.8 Å². The van der Waals surface area contributed by atoms with Gasteiger partial charge in [0.25, 0.3) is 5.56 Å². The number of halogens is 1. The van der Waals surface area contributed by atoms with Crippen LogP contribution in [0.5, 0.6) is 0 Å². The molecule has 2 heterocycles. The molecule has 0 aromatic carbocycles. The van der Waals surface area contributed by atoms with Gasteiger partial charge in [0.15, 0.2) is 0 Å². The number of carbonyl (C=O) groups excluding carboxylic acids is 1. The lowest BCUT2D eigenvalue weighted by molar-refractivity contribution is -0.135. The van der Waals surface area contributed by atoms with Crippen LogP contribution in [-0.4, -0.2) is 46.7 Å². The van der Waals surface area contributed by atoms with Crippen molar-refractivity contribution in [2.24, 2.45) is 0 Å². The van der Waals surface area contributed by atoms with Gasteiger partial charge < -0.3 is 9.64 Å². The SMILES string of the molecule is Cc1ncn(CC(=O)N2CCOCC2)c(=O)c1Br. The zero-order valence-electron chi connectivity index (χ0n) is 10.1. The highest BCUT2D eigenvalue weighted by molar-refractivity contribution is 9.10. The molecule has 1 amide bonds. The third-order valence-corrected chi connectivity index (χ3v) is 3.74. The quantitative estimate of drug-likeness (QED) is 0.780. The minimum Gasteiger partial charge on any atom is -0.378 e. The molecule has 0 radical (unpaired) electrons. The highest BCUT2D eigenvalue weighted by atomic mass is 79.9. The third kappa shape index (κ3) is 2.78. The van der Waals surface area contributed by atoms with Gasteiger partial charge in [-0.25, -0.2) is 4.98 Å². The number of aromatic nitrogens is 2. The number of ether oxygens (including phenoxy) is 1. The zero-order valence-corrected chi connectivity index (χ0v) is 11.6. The summed E-state index contributed by atoms with van der Waals surface area (Å²) in [6.07, 6.45) is 1.40. The normalized spacial score (nSPS) is 15.8. The molecule has 1 aliphatic heterocycles. The van der Waals surface area contributed by atoms with Gasteiger partial charge in [0.1, 0.15) is 11.0 Å².